The van der Waals surface area contributed by atoms with E-state index in [2.05, 4.69) is 44.7 Å². The van der Waals surface area contributed by atoms with Crippen molar-refractivity contribution in [1.82, 2.24) is 9.80 Å². The second kappa shape index (κ2) is 4.77. The Hall–Kier alpha value is -0.120. The number of rotatable bonds is 3. The third kappa shape index (κ3) is 2.00. The van der Waals surface area contributed by atoms with E-state index in [0.717, 1.165) is 12.5 Å². The van der Waals surface area contributed by atoms with Crippen molar-refractivity contribution in [3.05, 3.63) is 0 Å². The quantitative estimate of drug-likeness (QED) is 0.832. The summed E-state index contributed by atoms with van der Waals surface area (Å²) in [7, 11) is 4.42. The fourth-order valence-electron chi connectivity index (χ4n) is 4.46. The van der Waals surface area contributed by atoms with Crippen LogP contribution in [0.5, 0.6) is 0 Å². The molecule has 0 aromatic heterocycles. The summed E-state index contributed by atoms with van der Waals surface area (Å²) in [5.41, 5.74) is 6.84. The van der Waals surface area contributed by atoms with Gasteiger partial charge in [-0.25, -0.2) is 0 Å². The van der Waals surface area contributed by atoms with Crippen molar-refractivity contribution in [3.8, 4) is 0 Å². The molecular formula is C15H31N3. The maximum Gasteiger partial charge on any atom is 0.0383 e. The number of likely N-dealkylation sites (N-methyl/N-ethyl adjacent to an activating group) is 1. The molecule has 0 aromatic carbocycles. The molecule has 18 heavy (non-hydrogen) atoms. The van der Waals surface area contributed by atoms with Crippen LogP contribution in [-0.4, -0.2) is 55.1 Å². The Morgan fingerprint density at radius 3 is 2.28 bits per heavy atom. The summed E-state index contributed by atoms with van der Waals surface area (Å²) in [5.74, 6) is 0.750. The van der Waals surface area contributed by atoms with Gasteiger partial charge in [-0.1, -0.05) is 27.2 Å². The van der Waals surface area contributed by atoms with Crippen LogP contribution in [0.4, 0.5) is 0 Å². The van der Waals surface area contributed by atoms with Crippen molar-refractivity contribution < 1.29 is 0 Å². The molecule has 1 saturated heterocycles. The summed E-state index contributed by atoms with van der Waals surface area (Å²) in [6.45, 7) is 10.4. The number of nitrogens with zero attached hydrogens (tertiary/aromatic N) is 2. The van der Waals surface area contributed by atoms with Crippen LogP contribution in [0, 0.1) is 11.3 Å². The second-order valence-electron chi connectivity index (χ2n) is 7.39. The number of hydrogen-bond acceptors (Lipinski definition) is 3. The van der Waals surface area contributed by atoms with Crippen LogP contribution in [0.1, 0.15) is 40.0 Å². The maximum atomic E-state index is 6.24. The van der Waals surface area contributed by atoms with Crippen molar-refractivity contribution in [2.24, 2.45) is 17.1 Å². The fraction of sp³-hybridized carbons (Fsp3) is 1.00. The highest BCUT2D eigenvalue weighted by Gasteiger charge is 2.54. The Bertz CT molecular complexity index is 300. The van der Waals surface area contributed by atoms with Crippen LogP contribution in [0.2, 0.25) is 0 Å². The molecule has 106 valence electrons. The van der Waals surface area contributed by atoms with Crippen LogP contribution < -0.4 is 5.73 Å². The minimum absolute atomic E-state index is 0.242. The van der Waals surface area contributed by atoms with Gasteiger partial charge in [0.25, 0.3) is 0 Å². The van der Waals surface area contributed by atoms with Gasteiger partial charge in [-0.2, -0.15) is 0 Å². The van der Waals surface area contributed by atoms with Gasteiger partial charge in [-0.3, -0.25) is 4.90 Å². The lowest BCUT2D eigenvalue weighted by Crippen LogP contribution is -2.59. The molecule has 2 rings (SSSR count). The van der Waals surface area contributed by atoms with Gasteiger partial charge in [-0.15, -0.1) is 0 Å². The normalized spacial score (nSPS) is 40.8. The molecule has 0 bridgehead atoms. The van der Waals surface area contributed by atoms with Crippen LogP contribution in [0.15, 0.2) is 0 Å². The summed E-state index contributed by atoms with van der Waals surface area (Å²) >= 11 is 0. The zero-order chi connectivity index (χ0) is 13.6. The Kier molecular flexibility index (Phi) is 3.79. The smallest absolute Gasteiger partial charge is 0.0383 e. The molecular weight excluding hydrogens is 222 g/mol. The van der Waals surface area contributed by atoms with E-state index in [1.165, 1.54) is 32.4 Å². The number of likely N-dealkylation sites (tertiary alicyclic amines) is 1. The maximum absolute atomic E-state index is 6.24. The van der Waals surface area contributed by atoms with E-state index in [0.29, 0.717) is 11.5 Å². The second-order valence-corrected chi connectivity index (χ2v) is 7.39. The number of hydrogen-bond donors (Lipinski definition) is 1. The summed E-state index contributed by atoms with van der Waals surface area (Å²) in [5, 5.41) is 0. The molecule has 3 heteroatoms. The summed E-state index contributed by atoms with van der Waals surface area (Å²) < 4.78 is 0. The molecule has 2 fully saturated rings. The minimum atomic E-state index is 0.242. The molecule has 0 radical (unpaired) electrons. The highest BCUT2D eigenvalue weighted by Crippen LogP contribution is 2.50. The third-order valence-corrected chi connectivity index (χ3v) is 5.83. The van der Waals surface area contributed by atoms with Crippen molar-refractivity contribution in [1.29, 1.82) is 0 Å². The lowest BCUT2D eigenvalue weighted by Gasteiger charge is -2.48. The highest BCUT2D eigenvalue weighted by molar-refractivity contribution is 5.09. The Balaban J connectivity index is 2.21. The third-order valence-electron chi connectivity index (χ3n) is 5.83. The van der Waals surface area contributed by atoms with Crippen LogP contribution in [-0.2, 0) is 0 Å². The van der Waals surface area contributed by atoms with Gasteiger partial charge in [-0.05, 0) is 38.3 Å². The first-order chi connectivity index (χ1) is 8.34. The zero-order valence-electron chi connectivity index (χ0n) is 12.9. The van der Waals surface area contributed by atoms with E-state index in [1.807, 2.05) is 0 Å². The van der Waals surface area contributed by atoms with Crippen LogP contribution >= 0.6 is 0 Å². The standard InChI is InChI=1S/C15H31N3/c1-12-9-18(10-13(12)17(4)5)15(11-16)8-6-7-14(15,2)3/h12-13H,6-11,16H2,1-5H3. The highest BCUT2D eigenvalue weighted by atomic mass is 15.3. The summed E-state index contributed by atoms with van der Waals surface area (Å²) in [6.07, 6.45) is 3.94. The van der Waals surface area contributed by atoms with Crippen molar-refractivity contribution in [2.75, 3.05) is 33.7 Å². The largest absolute Gasteiger partial charge is 0.329 e. The molecule has 0 spiro atoms. The molecule has 1 aliphatic heterocycles. The minimum Gasteiger partial charge on any atom is -0.329 e. The fourth-order valence-corrected chi connectivity index (χ4v) is 4.46. The monoisotopic (exact) mass is 253 g/mol. The van der Waals surface area contributed by atoms with Gasteiger partial charge in [0.1, 0.15) is 0 Å². The lowest BCUT2D eigenvalue weighted by molar-refractivity contribution is 0.0261. The van der Waals surface area contributed by atoms with Crippen molar-refractivity contribution >= 4 is 0 Å². The molecule has 3 nitrogen and oxygen atoms in total. The van der Waals surface area contributed by atoms with Gasteiger partial charge in [0, 0.05) is 31.2 Å². The van der Waals surface area contributed by atoms with Gasteiger partial charge < -0.3 is 10.6 Å². The lowest BCUT2D eigenvalue weighted by atomic mass is 9.73. The van der Waals surface area contributed by atoms with E-state index in [9.17, 15) is 0 Å². The zero-order valence-corrected chi connectivity index (χ0v) is 12.9. The molecule has 1 aliphatic carbocycles. The van der Waals surface area contributed by atoms with Gasteiger partial charge in [0.2, 0.25) is 0 Å². The summed E-state index contributed by atoms with van der Waals surface area (Å²) in [4.78, 5) is 5.10. The molecule has 2 aliphatic rings. The van der Waals surface area contributed by atoms with Crippen molar-refractivity contribution in [2.45, 2.75) is 51.6 Å². The Morgan fingerprint density at radius 2 is 1.89 bits per heavy atom. The Labute approximate surface area is 113 Å². The average molecular weight is 253 g/mol. The molecule has 3 unspecified atom stereocenters. The van der Waals surface area contributed by atoms with Crippen LogP contribution in [0.3, 0.4) is 0 Å². The Morgan fingerprint density at radius 1 is 1.22 bits per heavy atom. The molecule has 3 atom stereocenters. The van der Waals surface area contributed by atoms with Crippen LogP contribution in [0.25, 0.3) is 0 Å². The topological polar surface area (TPSA) is 32.5 Å². The molecule has 2 N–H and O–H groups in total. The predicted molar refractivity (Wildman–Crippen MR) is 77.6 cm³/mol. The molecule has 1 saturated carbocycles. The first-order valence-electron chi connectivity index (χ1n) is 7.45. The van der Waals surface area contributed by atoms with Gasteiger partial charge in [0.15, 0.2) is 0 Å². The first kappa shape index (κ1) is 14.3. The van der Waals surface area contributed by atoms with E-state index in [-0.39, 0.29) is 5.54 Å². The predicted octanol–water partition coefficient (Wildman–Crippen LogP) is 1.78. The first-order valence-corrected chi connectivity index (χ1v) is 7.45. The van der Waals surface area contributed by atoms with Gasteiger partial charge in [0.05, 0.1) is 0 Å². The van der Waals surface area contributed by atoms with Gasteiger partial charge >= 0.3 is 0 Å². The average Bonchev–Trinajstić information content (AvgIpc) is 2.79. The van der Waals surface area contributed by atoms with E-state index in [1.54, 1.807) is 0 Å². The molecule has 1 heterocycles. The molecule has 0 aromatic rings. The number of nitrogens with two attached hydrogens (primary N) is 1. The molecule has 0 amide bonds. The summed E-state index contributed by atoms with van der Waals surface area (Å²) in [6, 6.07) is 0.685. The van der Waals surface area contributed by atoms with E-state index >= 15 is 0 Å². The van der Waals surface area contributed by atoms with Crippen molar-refractivity contribution in [3.63, 3.8) is 0 Å². The SMILES string of the molecule is CC1CN(C2(CN)CCCC2(C)C)CC1N(C)C. The van der Waals surface area contributed by atoms with E-state index < -0.39 is 0 Å². The van der Waals surface area contributed by atoms with E-state index in [4.69, 9.17) is 5.73 Å².